The monoisotopic (exact) mass is 450 g/mol. The highest BCUT2D eigenvalue weighted by molar-refractivity contribution is 9.10. The summed E-state index contributed by atoms with van der Waals surface area (Å²) in [5.41, 5.74) is 0.301. The Morgan fingerprint density at radius 3 is 2.54 bits per heavy atom. The Hall–Kier alpha value is -1.70. The van der Waals surface area contributed by atoms with Crippen molar-refractivity contribution in [3.05, 3.63) is 56.5 Å². The summed E-state index contributed by atoms with van der Waals surface area (Å²) in [6.07, 6.45) is 0. The highest BCUT2D eigenvalue weighted by Gasteiger charge is 2.59. The summed E-state index contributed by atoms with van der Waals surface area (Å²) in [4.78, 5) is 26.9. The van der Waals surface area contributed by atoms with Crippen molar-refractivity contribution in [2.45, 2.75) is 11.5 Å². The fourth-order valence-electron chi connectivity index (χ4n) is 3.51. The van der Waals surface area contributed by atoms with Crippen LogP contribution >= 0.6 is 31.9 Å². The lowest BCUT2D eigenvalue weighted by Crippen LogP contribution is -2.45. The fraction of sp³-hybridized carbons (Fsp3) is 0.176. The van der Waals surface area contributed by atoms with Gasteiger partial charge in [0.25, 0.3) is 5.91 Å². The zero-order valence-corrected chi connectivity index (χ0v) is 15.7. The first-order valence-electron chi connectivity index (χ1n) is 7.25. The number of nitrogens with zero attached hydrogens (tertiary/aromatic N) is 1. The summed E-state index contributed by atoms with van der Waals surface area (Å²) >= 11 is 6.76. The fourth-order valence-corrected chi connectivity index (χ4v) is 4.25. The van der Waals surface area contributed by atoms with Crippen LogP contribution in [-0.4, -0.2) is 24.0 Å². The summed E-state index contributed by atoms with van der Waals surface area (Å²) in [5, 5.41) is 14.2. The van der Waals surface area contributed by atoms with Crippen LogP contribution < -0.4 is 10.2 Å². The molecule has 4 rings (SSSR count). The van der Waals surface area contributed by atoms with E-state index in [1.54, 1.807) is 43.4 Å². The van der Waals surface area contributed by atoms with Gasteiger partial charge in [-0.25, -0.2) is 0 Å². The SMILES string of the molecule is CN1C(=O)[C@@](O)([C@H]2C(=O)Nc3ccc(Br)cc32)c2cc(Br)ccc21. The number of hydrogen-bond donors (Lipinski definition) is 2. The number of anilines is 2. The van der Waals surface area contributed by atoms with Gasteiger partial charge < -0.3 is 15.3 Å². The average Bonchev–Trinajstić information content (AvgIpc) is 2.96. The Bertz CT molecular complexity index is 915. The van der Waals surface area contributed by atoms with Gasteiger partial charge in [0.15, 0.2) is 5.60 Å². The van der Waals surface area contributed by atoms with E-state index in [1.165, 1.54) is 4.90 Å². The summed E-state index contributed by atoms with van der Waals surface area (Å²) in [6.45, 7) is 0. The number of fused-ring (bicyclic) bond motifs is 2. The minimum Gasteiger partial charge on any atom is -0.374 e. The normalized spacial score (nSPS) is 24.8. The number of carbonyl (C=O) groups excluding carboxylic acids is 2. The first-order chi connectivity index (χ1) is 11.3. The third-order valence-electron chi connectivity index (χ3n) is 4.62. The van der Waals surface area contributed by atoms with Gasteiger partial charge in [-0.2, -0.15) is 0 Å². The van der Waals surface area contributed by atoms with Crippen LogP contribution in [-0.2, 0) is 15.2 Å². The Kier molecular flexibility index (Phi) is 3.39. The molecule has 0 aliphatic carbocycles. The Labute approximate surface area is 154 Å². The molecule has 0 aromatic heterocycles. The minimum absolute atomic E-state index is 0.389. The van der Waals surface area contributed by atoms with Crippen molar-refractivity contribution in [3.63, 3.8) is 0 Å². The molecule has 0 spiro atoms. The van der Waals surface area contributed by atoms with Gasteiger partial charge >= 0.3 is 0 Å². The van der Waals surface area contributed by atoms with Crippen molar-refractivity contribution < 1.29 is 14.7 Å². The second-order valence-corrected chi connectivity index (χ2v) is 7.78. The molecule has 2 atom stereocenters. The van der Waals surface area contributed by atoms with E-state index >= 15 is 0 Å². The average molecular weight is 452 g/mol. The Morgan fingerprint density at radius 1 is 1.12 bits per heavy atom. The Balaban J connectivity index is 1.97. The zero-order chi connectivity index (χ0) is 17.2. The highest BCUT2D eigenvalue weighted by Crippen LogP contribution is 2.52. The molecule has 2 amide bonds. The van der Waals surface area contributed by atoms with Crippen molar-refractivity contribution in [2.24, 2.45) is 0 Å². The topological polar surface area (TPSA) is 69.6 Å². The summed E-state index contributed by atoms with van der Waals surface area (Å²) in [7, 11) is 1.60. The summed E-state index contributed by atoms with van der Waals surface area (Å²) < 4.78 is 1.51. The molecule has 2 aliphatic heterocycles. The lowest BCUT2D eigenvalue weighted by molar-refractivity contribution is -0.143. The third-order valence-corrected chi connectivity index (χ3v) is 5.61. The molecular weight excluding hydrogens is 440 g/mol. The summed E-state index contributed by atoms with van der Waals surface area (Å²) in [6, 6.07) is 10.6. The van der Waals surface area contributed by atoms with Crippen LogP contribution in [0.25, 0.3) is 0 Å². The molecule has 2 aliphatic rings. The molecule has 24 heavy (non-hydrogen) atoms. The predicted molar refractivity (Wildman–Crippen MR) is 97.0 cm³/mol. The maximum Gasteiger partial charge on any atom is 0.264 e. The van der Waals surface area contributed by atoms with Gasteiger partial charge in [-0.15, -0.1) is 0 Å². The molecule has 122 valence electrons. The van der Waals surface area contributed by atoms with E-state index in [0.717, 1.165) is 8.95 Å². The van der Waals surface area contributed by atoms with Gasteiger partial charge in [0.2, 0.25) is 5.91 Å². The molecule has 0 saturated carbocycles. The number of benzene rings is 2. The lowest BCUT2D eigenvalue weighted by Gasteiger charge is -2.27. The molecule has 2 aromatic rings. The minimum atomic E-state index is -1.94. The molecule has 2 aromatic carbocycles. The van der Waals surface area contributed by atoms with E-state index in [9.17, 15) is 14.7 Å². The molecule has 2 N–H and O–H groups in total. The number of likely N-dealkylation sites (N-methyl/N-ethyl adjacent to an activating group) is 1. The van der Waals surface area contributed by atoms with E-state index in [2.05, 4.69) is 37.2 Å². The molecule has 7 heteroatoms. The van der Waals surface area contributed by atoms with Crippen molar-refractivity contribution in [3.8, 4) is 0 Å². The van der Waals surface area contributed by atoms with E-state index in [1.807, 2.05) is 0 Å². The molecular formula is C17H12Br2N2O3. The van der Waals surface area contributed by atoms with Crippen LogP contribution in [0, 0.1) is 0 Å². The summed E-state index contributed by atoms with van der Waals surface area (Å²) in [5.74, 6) is -1.90. The van der Waals surface area contributed by atoms with Gasteiger partial charge in [-0.3, -0.25) is 9.59 Å². The van der Waals surface area contributed by atoms with Crippen LogP contribution in [0.4, 0.5) is 11.4 Å². The van der Waals surface area contributed by atoms with E-state index in [-0.39, 0.29) is 5.91 Å². The maximum absolute atomic E-state index is 12.9. The second kappa shape index (κ2) is 5.15. The van der Waals surface area contributed by atoms with E-state index in [4.69, 9.17) is 0 Å². The van der Waals surface area contributed by atoms with Crippen LogP contribution in [0.15, 0.2) is 45.3 Å². The van der Waals surface area contributed by atoms with Gasteiger partial charge in [0.05, 0.1) is 5.69 Å². The molecule has 0 unspecified atom stereocenters. The largest absolute Gasteiger partial charge is 0.374 e. The third kappa shape index (κ3) is 1.95. The van der Waals surface area contributed by atoms with Crippen molar-refractivity contribution in [1.82, 2.24) is 0 Å². The number of carbonyl (C=O) groups is 2. The lowest BCUT2D eigenvalue weighted by atomic mass is 9.78. The highest BCUT2D eigenvalue weighted by atomic mass is 79.9. The van der Waals surface area contributed by atoms with E-state index in [0.29, 0.717) is 22.5 Å². The quantitative estimate of drug-likeness (QED) is 0.699. The van der Waals surface area contributed by atoms with Crippen LogP contribution in [0.2, 0.25) is 0 Å². The standard InChI is InChI=1S/C17H12Br2N2O3/c1-21-13-5-3-9(19)7-11(13)17(24,16(21)23)14-10-6-8(18)2-4-12(10)20-15(14)22/h2-7,14,24H,1H3,(H,20,22)/t14-,17+/m1/s1. The van der Waals surface area contributed by atoms with Crippen LogP contribution in [0.3, 0.4) is 0 Å². The van der Waals surface area contributed by atoms with Crippen molar-refractivity contribution >= 4 is 55.0 Å². The number of amides is 2. The van der Waals surface area contributed by atoms with Gasteiger partial charge in [-0.05, 0) is 42.0 Å². The molecule has 0 bridgehead atoms. The maximum atomic E-state index is 12.9. The first-order valence-corrected chi connectivity index (χ1v) is 8.83. The molecule has 0 saturated heterocycles. The van der Waals surface area contributed by atoms with Gasteiger partial charge in [0, 0.05) is 27.2 Å². The predicted octanol–water partition coefficient (Wildman–Crippen LogP) is 3.11. The van der Waals surface area contributed by atoms with Crippen molar-refractivity contribution in [2.75, 3.05) is 17.3 Å². The molecule has 2 heterocycles. The molecule has 0 radical (unpaired) electrons. The number of nitrogens with one attached hydrogen (secondary N) is 1. The van der Waals surface area contributed by atoms with Gasteiger partial charge in [-0.1, -0.05) is 31.9 Å². The molecule has 5 nitrogen and oxygen atoms in total. The zero-order valence-electron chi connectivity index (χ0n) is 12.5. The Morgan fingerprint density at radius 2 is 1.79 bits per heavy atom. The number of rotatable bonds is 1. The van der Waals surface area contributed by atoms with Crippen LogP contribution in [0.1, 0.15) is 17.0 Å². The van der Waals surface area contributed by atoms with Crippen molar-refractivity contribution in [1.29, 1.82) is 0 Å². The number of aliphatic hydroxyl groups is 1. The van der Waals surface area contributed by atoms with Crippen LogP contribution in [0.5, 0.6) is 0 Å². The first kappa shape index (κ1) is 15.8. The smallest absolute Gasteiger partial charge is 0.264 e. The number of halogens is 2. The van der Waals surface area contributed by atoms with E-state index < -0.39 is 17.4 Å². The van der Waals surface area contributed by atoms with Gasteiger partial charge in [0.1, 0.15) is 5.92 Å². The number of hydrogen-bond acceptors (Lipinski definition) is 3. The second-order valence-electron chi connectivity index (χ2n) is 5.95. The molecule has 0 fully saturated rings.